The molecule has 4 N–H and O–H groups in total. The highest BCUT2D eigenvalue weighted by molar-refractivity contribution is 6.06. The first-order valence-electron chi connectivity index (χ1n) is 6.83. The van der Waals surface area contributed by atoms with Crippen molar-refractivity contribution in [1.29, 1.82) is 0 Å². The monoisotopic (exact) mass is 293 g/mol. The molecule has 0 atom stereocenters. The summed E-state index contributed by atoms with van der Waals surface area (Å²) in [6.07, 6.45) is 1.78. The van der Waals surface area contributed by atoms with Gasteiger partial charge >= 0.3 is 0 Å². The van der Waals surface area contributed by atoms with Gasteiger partial charge in [0.2, 0.25) is 5.91 Å². The van der Waals surface area contributed by atoms with Gasteiger partial charge in [0.1, 0.15) is 0 Å². The number of primary amides is 1. The highest BCUT2D eigenvalue weighted by atomic mass is 16.1. The van der Waals surface area contributed by atoms with Crippen LogP contribution < -0.4 is 11.1 Å². The Hall–Kier alpha value is -3.08. The topological polar surface area (TPSA) is 88.0 Å². The van der Waals surface area contributed by atoms with Gasteiger partial charge < -0.3 is 16.0 Å². The lowest BCUT2D eigenvalue weighted by atomic mass is 10.00. The number of hydrogen-bond acceptors (Lipinski definition) is 2. The van der Waals surface area contributed by atoms with Gasteiger partial charge in [-0.15, -0.1) is 0 Å². The van der Waals surface area contributed by atoms with Crippen LogP contribution in [0.3, 0.4) is 0 Å². The van der Waals surface area contributed by atoms with Crippen LogP contribution in [0.25, 0.3) is 22.0 Å². The molecule has 3 rings (SSSR count). The van der Waals surface area contributed by atoms with Crippen LogP contribution in [0.1, 0.15) is 17.3 Å². The fourth-order valence-corrected chi connectivity index (χ4v) is 2.48. The number of benzene rings is 2. The smallest absolute Gasteiger partial charge is 0.250 e. The van der Waals surface area contributed by atoms with Gasteiger partial charge in [0, 0.05) is 24.2 Å². The second-order valence-electron chi connectivity index (χ2n) is 5.09. The maximum atomic E-state index is 11.6. The van der Waals surface area contributed by atoms with E-state index in [0.29, 0.717) is 5.56 Å². The van der Waals surface area contributed by atoms with Crippen molar-refractivity contribution in [3.63, 3.8) is 0 Å². The molecule has 0 saturated carbocycles. The van der Waals surface area contributed by atoms with Crippen LogP contribution in [0, 0.1) is 0 Å². The largest absolute Gasteiger partial charge is 0.366 e. The van der Waals surface area contributed by atoms with Gasteiger partial charge in [-0.1, -0.05) is 12.1 Å². The van der Waals surface area contributed by atoms with Crippen molar-refractivity contribution in [3.05, 3.63) is 54.2 Å². The molecule has 2 aromatic carbocycles. The van der Waals surface area contributed by atoms with E-state index in [0.717, 1.165) is 27.7 Å². The minimum atomic E-state index is -0.468. The van der Waals surface area contributed by atoms with Gasteiger partial charge in [-0.05, 0) is 41.5 Å². The zero-order valence-corrected chi connectivity index (χ0v) is 12.0. The Kier molecular flexibility index (Phi) is 3.39. The summed E-state index contributed by atoms with van der Waals surface area (Å²) in [4.78, 5) is 25.7. The summed E-state index contributed by atoms with van der Waals surface area (Å²) in [5, 5.41) is 3.65. The van der Waals surface area contributed by atoms with Crippen molar-refractivity contribution in [1.82, 2.24) is 4.98 Å². The summed E-state index contributed by atoms with van der Waals surface area (Å²) in [6.45, 7) is 1.47. The highest BCUT2D eigenvalue weighted by Gasteiger charge is 2.11. The van der Waals surface area contributed by atoms with E-state index in [1.165, 1.54) is 6.92 Å². The lowest BCUT2D eigenvalue weighted by molar-refractivity contribution is -0.114. The summed E-state index contributed by atoms with van der Waals surface area (Å²) in [5.41, 5.74) is 9.24. The summed E-state index contributed by atoms with van der Waals surface area (Å²) >= 11 is 0. The van der Waals surface area contributed by atoms with Crippen molar-refractivity contribution in [3.8, 4) is 11.1 Å². The Morgan fingerprint density at radius 1 is 1.05 bits per heavy atom. The molecule has 1 heterocycles. The first kappa shape index (κ1) is 13.9. The number of aromatic amines is 1. The molecule has 0 aliphatic heterocycles. The third kappa shape index (κ3) is 2.56. The number of fused-ring (bicyclic) bond motifs is 1. The number of hydrogen-bond donors (Lipinski definition) is 3. The fraction of sp³-hybridized carbons (Fsp3) is 0.0588. The third-order valence-corrected chi connectivity index (χ3v) is 3.46. The molecule has 0 saturated heterocycles. The van der Waals surface area contributed by atoms with E-state index in [-0.39, 0.29) is 5.91 Å². The summed E-state index contributed by atoms with van der Waals surface area (Å²) in [6, 6.07) is 13.1. The molecule has 2 amide bonds. The van der Waals surface area contributed by atoms with Crippen molar-refractivity contribution < 1.29 is 9.59 Å². The number of amides is 2. The van der Waals surface area contributed by atoms with E-state index < -0.39 is 5.91 Å². The van der Waals surface area contributed by atoms with Gasteiger partial charge in [-0.3, -0.25) is 9.59 Å². The van der Waals surface area contributed by atoms with Crippen LogP contribution in [0.2, 0.25) is 0 Å². The van der Waals surface area contributed by atoms with Gasteiger partial charge in [-0.25, -0.2) is 0 Å². The third-order valence-electron chi connectivity index (χ3n) is 3.46. The molecule has 1 aromatic heterocycles. The second-order valence-corrected chi connectivity index (χ2v) is 5.09. The number of aromatic nitrogens is 1. The number of carbonyl (C=O) groups excluding carboxylic acids is 2. The van der Waals surface area contributed by atoms with E-state index in [1.807, 2.05) is 36.4 Å². The quantitative estimate of drug-likeness (QED) is 0.693. The van der Waals surface area contributed by atoms with Crippen LogP contribution in [0.15, 0.2) is 48.7 Å². The number of nitrogens with two attached hydrogens (primary N) is 1. The Morgan fingerprint density at radius 2 is 1.77 bits per heavy atom. The number of carbonyl (C=O) groups is 2. The predicted octanol–water partition coefficient (Wildman–Crippen LogP) is 2.89. The average Bonchev–Trinajstić information content (AvgIpc) is 2.94. The summed E-state index contributed by atoms with van der Waals surface area (Å²) in [5.74, 6) is -0.582. The Bertz CT molecular complexity index is 863. The van der Waals surface area contributed by atoms with Crippen LogP contribution in [-0.2, 0) is 4.79 Å². The molecule has 0 fully saturated rings. The van der Waals surface area contributed by atoms with Crippen molar-refractivity contribution in [2.75, 3.05) is 5.32 Å². The average molecular weight is 293 g/mol. The Labute approximate surface area is 127 Å². The normalized spacial score (nSPS) is 10.6. The molecule has 22 heavy (non-hydrogen) atoms. The fourth-order valence-electron chi connectivity index (χ4n) is 2.48. The zero-order valence-electron chi connectivity index (χ0n) is 12.0. The second kappa shape index (κ2) is 5.37. The minimum absolute atomic E-state index is 0.113. The molecular formula is C17H15N3O2. The molecule has 110 valence electrons. The number of nitrogens with one attached hydrogen (secondary N) is 2. The van der Waals surface area contributed by atoms with Gasteiger partial charge in [0.15, 0.2) is 0 Å². The minimum Gasteiger partial charge on any atom is -0.366 e. The zero-order chi connectivity index (χ0) is 15.7. The molecule has 0 radical (unpaired) electrons. The summed E-state index contributed by atoms with van der Waals surface area (Å²) < 4.78 is 0. The number of rotatable bonds is 3. The van der Waals surface area contributed by atoms with Crippen molar-refractivity contribution in [2.24, 2.45) is 5.73 Å². The van der Waals surface area contributed by atoms with Crippen molar-refractivity contribution in [2.45, 2.75) is 6.92 Å². The van der Waals surface area contributed by atoms with Gasteiger partial charge in [-0.2, -0.15) is 0 Å². The molecule has 5 nitrogen and oxygen atoms in total. The molecule has 0 aliphatic rings. The summed E-state index contributed by atoms with van der Waals surface area (Å²) in [7, 11) is 0. The van der Waals surface area contributed by atoms with Crippen LogP contribution in [-0.4, -0.2) is 16.8 Å². The SMILES string of the molecule is CC(=O)Nc1ccc(-c2cc(C(N)=O)c3[nH]ccc3c2)cc1. The van der Waals surface area contributed by atoms with Crippen LogP contribution in [0.5, 0.6) is 0 Å². The maximum Gasteiger partial charge on any atom is 0.250 e. The highest BCUT2D eigenvalue weighted by Crippen LogP contribution is 2.28. The van der Waals surface area contributed by atoms with E-state index in [4.69, 9.17) is 5.73 Å². The molecule has 0 bridgehead atoms. The first-order valence-corrected chi connectivity index (χ1v) is 6.83. The molecular weight excluding hydrogens is 278 g/mol. The molecule has 0 aliphatic carbocycles. The number of anilines is 1. The molecule has 0 spiro atoms. The lowest BCUT2D eigenvalue weighted by Crippen LogP contribution is -2.11. The van der Waals surface area contributed by atoms with E-state index in [1.54, 1.807) is 12.3 Å². The Balaban J connectivity index is 2.06. The van der Waals surface area contributed by atoms with Crippen LogP contribution >= 0.6 is 0 Å². The van der Waals surface area contributed by atoms with Gasteiger partial charge in [0.05, 0.1) is 11.1 Å². The van der Waals surface area contributed by atoms with Crippen LogP contribution in [0.4, 0.5) is 5.69 Å². The predicted molar refractivity (Wildman–Crippen MR) is 86.6 cm³/mol. The van der Waals surface area contributed by atoms with Crippen molar-refractivity contribution >= 4 is 28.4 Å². The van der Waals surface area contributed by atoms with E-state index in [9.17, 15) is 9.59 Å². The first-order chi connectivity index (χ1) is 10.5. The van der Waals surface area contributed by atoms with Gasteiger partial charge in [0.25, 0.3) is 5.91 Å². The molecule has 0 unspecified atom stereocenters. The number of H-pyrrole nitrogens is 1. The molecule has 3 aromatic rings. The maximum absolute atomic E-state index is 11.6. The van der Waals surface area contributed by atoms with E-state index in [2.05, 4.69) is 10.3 Å². The lowest BCUT2D eigenvalue weighted by Gasteiger charge is -2.07. The Morgan fingerprint density at radius 3 is 2.41 bits per heavy atom. The van der Waals surface area contributed by atoms with E-state index >= 15 is 0 Å². The standard InChI is InChI=1S/C17H15N3O2/c1-10(21)20-14-4-2-11(3-5-14)13-8-12-6-7-19-16(12)15(9-13)17(18)22/h2-9,19H,1H3,(H2,18,22)(H,20,21). The molecule has 5 heteroatoms.